The molecule has 0 amide bonds. The summed E-state index contributed by atoms with van der Waals surface area (Å²) in [6.07, 6.45) is 3.47. The van der Waals surface area contributed by atoms with Crippen LogP contribution in [0.1, 0.15) is 11.1 Å². The van der Waals surface area contributed by atoms with Crippen molar-refractivity contribution in [3.8, 4) is 0 Å². The third-order valence-corrected chi connectivity index (χ3v) is 1.34. The number of aromatic nitrogens is 1. The van der Waals surface area contributed by atoms with Crippen molar-refractivity contribution >= 4 is 6.02 Å². The second-order valence-corrected chi connectivity index (χ2v) is 2.71. The van der Waals surface area contributed by atoms with Gasteiger partial charge in [0, 0.05) is 16.2 Å². The Labute approximate surface area is 71.0 Å². The zero-order valence-electron chi connectivity index (χ0n) is 7.11. The van der Waals surface area contributed by atoms with Gasteiger partial charge in [0.15, 0.2) is 0 Å². The minimum Gasteiger partial charge on any atom is -0.842 e. The van der Waals surface area contributed by atoms with Crippen molar-refractivity contribution < 1.29 is 9.78 Å². The van der Waals surface area contributed by atoms with E-state index in [9.17, 15) is 5.11 Å². The van der Waals surface area contributed by atoms with Crippen LogP contribution in [0.5, 0.6) is 0 Å². The van der Waals surface area contributed by atoms with E-state index in [1.54, 1.807) is 12.4 Å². The Morgan fingerprint density at radius 2 is 1.92 bits per heavy atom. The lowest BCUT2D eigenvalue weighted by molar-refractivity contribution is -0.682. The Morgan fingerprint density at radius 1 is 1.42 bits per heavy atom. The van der Waals surface area contributed by atoms with Crippen molar-refractivity contribution in [2.24, 2.45) is 10.8 Å². The van der Waals surface area contributed by atoms with Gasteiger partial charge in [-0.1, -0.05) is 4.68 Å². The molecule has 0 saturated heterocycles. The van der Waals surface area contributed by atoms with E-state index in [1.807, 2.05) is 19.9 Å². The van der Waals surface area contributed by atoms with Crippen molar-refractivity contribution in [2.45, 2.75) is 13.8 Å². The molecule has 0 atom stereocenters. The summed E-state index contributed by atoms with van der Waals surface area (Å²) in [4.78, 5) is 0. The van der Waals surface area contributed by atoms with E-state index >= 15 is 0 Å². The molecule has 1 rings (SSSR count). The lowest BCUT2D eigenvalue weighted by atomic mass is 10.2. The maximum absolute atomic E-state index is 10.4. The first-order chi connectivity index (χ1) is 5.58. The van der Waals surface area contributed by atoms with E-state index in [2.05, 4.69) is 5.10 Å². The molecule has 12 heavy (non-hydrogen) atoms. The number of amidine groups is 1. The van der Waals surface area contributed by atoms with E-state index in [0.29, 0.717) is 0 Å². The molecule has 0 fully saturated rings. The summed E-state index contributed by atoms with van der Waals surface area (Å²) in [6, 6.07) is 1.30. The van der Waals surface area contributed by atoms with E-state index in [-0.39, 0.29) is 0 Å². The molecule has 1 heterocycles. The zero-order valence-corrected chi connectivity index (χ0v) is 7.11. The topological polar surface area (TPSA) is 65.3 Å². The molecule has 0 bridgehead atoms. The maximum Gasteiger partial charge on any atom is 0.205 e. The monoisotopic (exact) mass is 165 g/mol. The first-order valence-corrected chi connectivity index (χ1v) is 3.59. The van der Waals surface area contributed by atoms with Gasteiger partial charge in [-0.05, 0) is 19.9 Å². The molecule has 1 aromatic heterocycles. The van der Waals surface area contributed by atoms with Gasteiger partial charge in [0.1, 0.15) is 6.02 Å². The molecule has 0 unspecified atom stereocenters. The van der Waals surface area contributed by atoms with Crippen molar-refractivity contribution in [3.63, 3.8) is 0 Å². The lowest BCUT2D eigenvalue weighted by Crippen LogP contribution is -2.38. The van der Waals surface area contributed by atoms with Crippen LogP contribution < -0.4 is 15.5 Å². The standard InChI is InChI=1S/C8H11N3O/c1-6-3-7(2)5-11(4-6)10-8(9)12/h3-5H,1-2H3,(H2-,9,10,12). The Bertz CT molecular complexity index is 296. The quantitative estimate of drug-likeness (QED) is 0.330. The van der Waals surface area contributed by atoms with Gasteiger partial charge < -0.3 is 10.8 Å². The van der Waals surface area contributed by atoms with E-state index in [1.165, 1.54) is 4.68 Å². The van der Waals surface area contributed by atoms with E-state index < -0.39 is 6.02 Å². The van der Waals surface area contributed by atoms with Crippen LogP contribution in [-0.2, 0) is 0 Å². The maximum atomic E-state index is 10.4. The number of pyridine rings is 1. The highest BCUT2D eigenvalue weighted by molar-refractivity contribution is 5.65. The van der Waals surface area contributed by atoms with Gasteiger partial charge in [0.05, 0.1) is 0 Å². The molecule has 4 nitrogen and oxygen atoms in total. The molecular weight excluding hydrogens is 154 g/mol. The molecule has 0 aliphatic rings. The molecule has 0 radical (unpaired) electrons. The molecular formula is C8H11N3O. The molecule has 4 heteroatoms. The summed E-state index contributed by atoms with van der Waals surface area (Å²) in [7, 11) is 0. The summed E-state index contributed by atoms with van der Waals surface area (Å²) in [5.41, 5.74) is 6.98. The largest absolute Gasteiger partial charge is 0.842 e. The highest BCUT2D eigenvalue weighted by Crippen LogP contribution is 1.96. The van der Waals surface area contributed by atoms with Crippen molar-refractivity contribution in [3.05, 3.63) is 29.6 Å². The van der Waals surface area contributed by atoms with Crippen LogP contribution in [0.3, 0.4) is 0 Å². The van der Waals surface area contributed by atoms with Crippen molar-refractivity contribution in [1.29, 1.82) is 0 Å². The van der Waals surface area contributed by atoms with Crippen molar-refractivity contribution in [2.75, 3.05) is 0 Å². The van der Waals surface area contributed by atoms with Crippen LogP contribution in [0.15, 0.2) is 23.6 Å². The number of hydrogen-bond acceptors (Lipinski definition) is 2. The molecule has 0 saturated carbocycles. The van der Waals surface area contributed by atoms with E-state index in [4.69, 9.17) is 5.73 Å². The SMILES string of the molecule is Cc1cc(C)c[n+](/N=C(/N)[O-])c1. The summed E-state index contributed by atoms with van der Waals surface area (Å²) in [5, 5.41) is 14.0. The summed E-state index contributed by atoms with van der Waals surface area (Å²) >= 11 is 0. The molecule has 2 N–H and O–H groups in total. The number of rotatable bonds is 1. The number of nitrogens with two attached hydrogens (primary N) is 1. The lowest BCUT2D eigenvalue weighted by Gasteiger charge is -1.97. The van der Waals surface area contributed by atoms with Crippen LogP contribution in [0, 0.1) is 13.8 Å². The average Bonchev–Trinajstić information content (AvgIpc) is 1.81. The van der Waals surface area contributed by atoms with Gasteiger partial charge in [-0.25, -0.2) is 0 Å². The number of nitrogens with zero attached hydrogens (tertiary/aromatic N) is 2. The fraction of sp³-hybridized carbons (Fsp3) is 0.250. The van der Waals surface area contributed by atoms with Gasteiger partial charge in [-0.3, -0.25) is 0 Å². The number of hydrogen-bond donors (Lipinski definition) is 1. The third-order valence-electron chi connectivity index (χ3n) is 1.34. The molecule has 0 aromatic carbocycles. The second-order valence-electron chi connectivity index (χ2n) is 2.71. The normalized spacial score (nSPS) is 11.7. The van der Waals surface area contributed by atoms with Crippen LogP contribution >= 0.6 is 0 Å². The molecule has 64 valence electrons. The van der Waals surface area contributed by atoms with Crippen LogP contribution in [0.4, 0.5) is 0 Å². The third kappa shape index (κ3) is 2.23. The highest BCUT2D eigenvalue weighted by atomic mass is 16.3. The number of aryl methyl sites for hydroxylation is 2. The molecule has 1 aromatic rings. The van der Waals surface area contributed by atoms with Crippen LogP contribution in [0.2, 0.25) is 0 Å². The van der Waals surface area contributed by atoms with Crippen molar-refractivity contribution in [1.82, 2.24) is 0 Å². The highest BCUT2D eigenvalue weighted by Gasteiger charge is 1.99. The predicted octanol–water partition coefficient (Wildman–Crippen LogP) is -0.971. The van der Waals surface area contributed by atoms with Gasteiger partial charge >= 0.3 is 0 Å². The Balaban J connectivity index is 3.09. The predicted molar refractivity (Wildman–Crippen MR) is 43.1 cm³/mol. The fourth-order valence-corrected chi connectivity index (χ4v) is 1.06. The summed E-state index contributed by atoms with van der Waals surface area (Å²) < 4.78 is 1.42. The summed E-state index contributed by atoms with van der Waals surface area (Å²) in [5.74, 6) is 0. The Hall–Kier alpha value is -1.58. The smallest absolute Gasteiger partial charge is 0.205 e. The average molecular weight is 165 g/mol. The van der Waals surface area contributed by atoms with Gasteiger partial charge in [0.2, 0.25) is 12.4 Å². The van der Waals surface area contributed by atoms with Gasteiger partial charge in [-0.2, -0.15) is 0 Å². The minimum absolute atomic E-state index is 0.690. The van der Waals surface area contributed by atoms with Gasteiger partial charge in [-0.15, -0.1) is 0 Å². The molecule has 0 spiro atoms. The molecule has 0 aliphatic carbocycles. The zero-order chi connectivity index (χ0) is 9.14. The van der Waals surface area contributed by atoms with E-state index in [0.717, 1.165) is 11.1 Å². The fourth-order valence-electron chi connectivity index (χ4n) is 1.06. The summed E-state index contributed by atoms with van der Waals surface area (Å²) in [6.45, 7) is 3.86. The van der Waals surface area contributed by atoms with Crippen LogP contribution in [-0.4, -0.2) is 6.02 Å². The minimum atomic E-state index is -0.690. The van der Waals surface area contributed by atoms with Gasteiger partial charge in [0.25, 0.3) is 0 Å². The van der Waals surface area contributed by atoms with Crippen LogP contribution in [0.25, 0.3) is 0 Å². The molecule has 0 aliphatic heterocycles. The first-order valence-electron chi connectivity index (χ1n) is 3.59. The second kappa shape index (κ2) is 3.21. The Morgan fingerprint density at radius 3 is 2.33 bits per heavy atom. The first kappa shape index (κ1) is 8.52. The Kier molecular flexibility index (Phi) is 2.28.